The number of rotatable bonds is 5. The smallest absolute Gasteiger partial charge is 0.325 e. The van der Waals surface area contributed by atoms with Crippen LogP contribution in [0.15, 0.2) is 53.0 Å². The number of benzene rings is 1. The van der Waals surface area contributed by atoms with E-state index in [1.54, 1.807) is 19.1 Å². The molecule has 2 fully saturated rings. The molecule has 1 spiro atoms. The molecule has 3 amide bonds. The molecule has 3 heterocycles. The summed E-state index contributed by atoms with van der Waals surface area (Å²) in [4.78, 5) is 44.5. The Bertz CT molecular complexity index is 1300. The molecular formula is C31H39N3O6. The first-order chi connectivity index (χ1) is 19.1. The van der Waals surface area contributed by atoms with Gasteiger partial charge >= 0.3 is 12.0 Å². The van der Waals surface area contributed by atoms with Crippen molar-refractivity contribution in [2.24, 2.45) is 5.92 Å². The molecule has 4 aliphatic rings. The highest BCUT2D eigenvalue weighted by Gasteiger charge is 2.56. The minimum Gasteiger partial charge on any atom is -0.501 e. The minimum atomic E-state index is -1.05. The number of allylic oxidation sites excluding steroid dienone is 1. The summed E-state index contributed by atoms with van der Waals surface area (Å²) in [5.74, 6) is -0.190. The molecule has 3 aliphatic heterocycles. The molecule has 214 valence electrons. The number of nitrogens with zero attached hydrogens (tertiary/aromatic N) is 3. The fourth-order valence-corrected chi connectivity index (χ4v) is 6.94. The van der Waals surface area contributed by atoms with Crippen molar-refractivity contribution in [3.8, 4) is 0 Å². The number of carboxylic acids is 1. The summed E-state index contributed by atoms with van der Waals surface area (Å²) in [6, 6.07) is 5.54. The second kappa shape index (κ2) is 10.8. The van der Waals surface area contributed by atoms with Crippen molar-refractivity contribution in [2.45, 2.75) is 58.1 Å². The van der Waals surface area contributed by atoms with Gasteiger partial charge in [0.25, 0.3) is 5.91 Å². The van der Waals surface area contributed by atoms with Crippen LogP contribution in [0.4, 0.5) is 4.79 Å². The number of carboxylic acid groups (broad SMARTS) is 1. The van der Waals surface area contributed by atoms with Crippen LogP contribution in [0.2, 0.25) is 0 Å². The highest BCUT2D eigenvalue weighted by Crippen LogP contribution is 2.47. The van der Waals surface area contributed by atoms with Crippen LogP contribution in [-0.4, -0.2) is 89.8 Å². The monoisotopic (exact) mass is 549 g/mol. The van der Waals surface area contributed by atoms with Gasteiger partial charge in [0.1, 0.15) is 6.54 Å². The van der Waals surface area contributed by atoms with Gasteiger partial charge in [-0.3, -0.25) is 14.5 Å². The zero-order valence-corrected chi connectivity index (χ0v) is 24.0. The fraction of sp³-hybridized carbons (Fsp3) is 0.516. The average molecular weight is 550 g/mol. The van der Waals surface area contributed by atoms with Crippen molar-refractivity contribution >= 4 is 17.9 Å². The summed E-state index contributed by atoms with van der Waals surface area (Å²) in [6.07, 6.45) is 6.39. The van der Waals surface area contributed by atoms with E-state index in [2.05, 4.69) is 13.0 Å². The maximum absolute atomic E-state index is 14.0. The Morgan fingerprint density at radius 3 is 2.35 bits per heavy atom. The average Bonchev–Trinajstić information content (AvgIpc) is 3.09. The first-order valence-electron chi connectivity index (χ1n) is 14.0. The van der Waals surface area contributed by atoms with Crippen molar-refractivity contribution < 1.29 is 29.0 Å². The quantitative estimate of drug-likeness (QED) is 0.589. The molecule has 0 radical (unpaired) electrons. The van der Waals surface area contributed by atoms with E-state index in [4.69, 9.17) is 9.47 Å². The van der Waals surface area contributed by atoms with Crippen LogP contribution in [0.5, 0.6) is 0 Å². The van der Waals surface area contributed by atoms with Crippen molar-refractivity contribution in [3.63, 3.8) is 0 Å². The Kier molecular flexibility index (Phi) is 7.52. The van der Waals surface area contributed by atoms with E-state index in [1.165, 1.54) is 4.90 Å². The number of hydrogen-bond acceptors (Lipinski definition) is 5. The number of methoxy groups -OCH3 is 2. The molecular weight excluding hydrogens is 510 g/mol. The summed E-state index contributed by atoms with van der Waals surface area (Å²) in [7, 11) is 3.33. The lowest BCUT2D eigenvalue weighted by Crippen LogP contribution is -2.56. The lowest BCUT2D eigenvalue weighted by molar-refractivity contribution is -0.138. The molecule has 5 rings (SSSR count). The van der Waals surface area contributed by atoms with Crippen LogP contribution >= 0.6 is 0 Å². The number of aliphatic carboxylic acids is 1. The number of hydrogen-bond donors (Lipinski definition) is 1. The second-order valence-electron chi connectivity index (χ2n) is 11.6. The van der Waals surface area contributed by atoms with Crippen molar-refractivity contribution in [1.82, 2.24) is 14.7 Å². The van der Waals surface area contributed by atoms with Gasteiger partial charge in [-0.2, -0.15) is 0 Å². The van der Waals surface area contributed by atoms with Gasteiger partial charge in [-0.15, -0.1) is 0 Å². The molecule has 40 heavy (non-hydrogen) atoms. The molecule has 0 saturated carbocycles. The Morgan fingerprint density at radius 2 is 1.75 bits per heavy atom. The lowest BCUT2D eigenvalue weighted by atomic mass is 9.79. The molecule has 0 aromatic heterocycles. The number of carbonyl (C=O) groups is 3. The first kappa shape index (κ1) is 28.0. The molecule has 2 unspecified atom stereocenters. The van der Waals surface area contributed by atoms with Crippen LogP contribution in [-0.2, 0) is 14.3 Å². The third kappa shape index (κ3) is 4.91. The van der Waals surface area contributed by atoms with Gasteiger partial charge in [0.2, 0.25) is 0 Å². The molecule has 0 bridgehead atoms. The van der Waals surface area contributed by atoms with Gasteiger partial charge in [-0.05, 0) is 68.4 Å². The molecule has 1 aliphatic carbocycles. The first-order valence-corrected chi connectivity index (χ1v) is 14.0. The topological polar surface area (TPSA) is 99.6 Å². The molecule has 2 saturated heterocycles. The lowest BCUT2D eigenvalue weighted by Gasteiger charge is -2.44. The third-order valence-electron chi connectivity index (χ3n) is 8.77. The van der Waals surface area contributed by atoms with Crippen LogP contribution in [0.3, 0.4) is 0 Å². The van der Waals surface area contributed by atoms with Gasteiger partial charge in [0.05, 0.1) is 31.1 Å². The Balaban J connectivity index is 1.48. The van der Waals surface area contributed by atoms with Crippen LogP contribution in [0.1, 0.15) is 54.1 Å². The number of fused-ring (bicyclic) bond motifs is 2. The molecule has 2 atom stereocenters. The Morgan fingerprint density at radius 1 is 1.07 bits per heavy atom. The van der Waals surface area contributed by atoms with Crippen molar-refractivity contribution in [1.29, 1.82) is 0 Å². The molecule has 9 nitrogen and oxygen atoms in total. The number of carbonyl (C=O) groups excluding carboxylic acids is 2. The zero-order chi connectivity index (χ0) is 28.8. The molecule has 1 N–H and O–H groups in total. The second-order valence-corrected chi connectivity index (χ2v) is 11.6. The number of ether oxygens (including phenoxy) is 2. The van der Waals surface area contributed by atoms with Crippen LogP contribution in [0, 0.1) is 19.8 Å². The van der Waals surface area contributed by atoms with E-state index in [9.17, 15) is 19.5 Å². The van der Waals surface area contributed by atoms with Gasteiger partial charge in [-0.25, -0.2) is 4.79 Å². The van der Waals surface area contributed by atoms with Crippen molar-refractivity contribution in [3.05, 3.63) is 69.6 Å². The van der Waals surface area contributed by atoms with E-state index in [0.717, 1.165) is 40.2 Å². The summed E-state index contributed by atoms with van der Waals surface area (Å²) in [6.45, 7) is 6.88. The van der Waals surface area contributed by atoms with E-state index in [1.807, 2.05) is 43.0 Å². The van der Waals surface area contributed by atoms with Gasteiger partial charge in [-0.1, -0.05) is 30.2 Å². The number of amides is 3. The van der Waals surface area contributed by atoms with E-state index >= 15 is 0 Å². The minimum absolute atomic E-state index is 0.0347. The van der Waals surface area contributed by atoms with Gasteiger partial charge < -0.3 is 24.4 Å². The van der Waals surface area contributed by atoms with Crippen LogP contribution in [0.25, 0.3) is 0 Å². The van der Waals surface area contributed by atoms with Crippen LogP contribution < -0.4 is 0 Å². The fourth-order valence-electron chi connectivity index (χ4n) is 6.94. The number of piperidine rings is 1. The van der Waals surface area contributed by atoms with E-state index < -0.39 is 18.1 Å². The highest BCUT2D eigenvalue weighted by atomic mass is 16.5. The number of aryl methyl sites for hydroxylation is 2. The number of likely N-dealkylation sites (tertiary alicyclic amines) is 1. The largest absolute Gasteiger partial charge is 0.501 e. The predicted molar refractivity (Wildman–Crippen MR) is 150 cm³/mol. The highest BCUT2D eigenvalue weighted by molar-refractivity contribution is 5.95. The SMILES string of the molecule is COC1=CC2=C(CC(C)C=C3N(C2)C(=O)N(CC(=O)O)C32CCN(C(=O)c3cc(C)cc(C)c3)CC2)C(OC)C1. The van der Waals surface area contributed by atoms with Gasteiger partial charge in [0.15, 0.2) is 0 Å². The summed E-state index contributed by atoms with van der Waals surface area (Å²) >= 11 is 0. The Labute approximate surface area is 235 Å². The number of urea groups is 1. The van der Waals surface area contributed by atoms with E-state index in [-0.39, 0.29) is 24.0 Å². The standard InChI is InChI=1S/C31H39N3O6/c1-19-10-20(2)12-22(11-19)29(37)32-8-6-31(7-9-32)27-14-21(3)13-25-23(15-24(39-4)16-26(25)40-5)17-33(27)30(38)34(31)18-28(35)36/h10-12,14-15,21,26H,6-9,13,16-18H2,1-5H3,(H,35,36). The van der Waals surface area contributed by atoms with E-state index in [0.29, 0.717) is 44.5 Å². The molecule has 1 aromatic rings. The molecule has 9 heteroatoms. The Hall–Kier alpha value is -3.59. The zero-order valence-electron chi connectivity index (χ0n) is 24.0. The maximum Gasteiger partial charge on any atom is 0.325 e. The van der Waals surface area contributed by atoms with Gasteiger partial charge in [0, 0.05) is 37.9 Å². The predicted octanol–water partition coefficient (Wildman–Crippen LogP) is 4.27. The summed E-state index contributed by atoms with van der Waals surface area (Å²) in [5, 5.41) is 9.82. The normalized spacial score (nSPS) is 24.2. The molecule has 1 aromatic carbocycles. The maximum atomic E-state index is 14.0. The van der Waals surface area contributed by atoms with Crippen molar-refractivity contribution in [2.75, 3.05) is 40.4 Å². The summed E-state index contributed by atoms with van der Waals surface area (Å²) in [5.41, 5.74) is 4.92. The third-order valence-corrected chi connectivity index (χ3v) is 8.77. The summed E-state index contributed by atoms with van der Waals surface area (Å²) < 4.78 is 11.4.